The molecule has 0 aliphatic heterocycles. The summed E-state index contributed by atoms with van der Waals surface area (Å²) in [6.07, 6.45) is -0.872. The van der Waals surface area contributed by atoms with Gasteiger partial charge in [-0.05, 0) is 6.42 Å². The van der Waals surface area contributed by atoms with E-state index in [0.29, 0.717) is 6.42 Å². The van der Waals surface area contributed by atoms with E-state index < -0.39 is 30.6 Å². The van der Waals surface area contributed by atoms with Crippen LogP contribution in [0, 0.1) is 0 Å². The average Bonchev–Trinajstić information content (AvgIpc) is 2.21. The Morgan fingerprint density at radius 1 is 1.31 bits per heavy atom. The van der Waals surface area contributed by atoms with Crippen LogP contribution in [0.25, 0.3) is 0 Å². The summed E-state index contributed by atoms with van der Waals surface area (Å²) in [6.45, 7) is 1.75. The number of hydrogen-bond donors (Lipinski definition) is 3. The molecule has 0 radical (unpaired) electrons. The van der Waals surface area contributed by atoms with Crippen molar-refractivity contribution in [3.8, 4) is 0 Å². The summed E-state index contributed by atoms with van der Waals surface area (Å²) in [5.41, 5.74) is 0. The SMILES string of the molecule is CCCCC(O)COC(=O)C(O)CC(=O)O. The van der Waals surface area contributed by atoms with Crippen molar-refractivity contribution in [1.82, 2.24) is 0 Å². The van der Waals surface area contributed by atoms with Crippen LogP contribution in [0.2, 0.25) is 0 Å². The maximum Gasteiger partial charge on any atom is 0.335 e. The lowest BCUT2D eigenvalue weighted by Crippen LogP contribution is -2.29. The molecule has 2 unspecified atom stereocenters. The lowest BCUT2D eigenvalue weighted by Gasteiger charge is -2.12. The molecule has 0 aromatic carbocycles. The molecule has 0 aliphatic rings. The standard InChI is InChI=1S/C10H18O6/c1-2-3-4-7(11)6-16-10(15)8(12)5-9(13)14/h7-8,11-12H,2-6H2,1H3,(H,13,14). The molecule has 94 valence electrons. The summed E-state index contributed by atoms with van der Waals surface area (Å²) < 4.78 is 4.56. The second-order valence-corrected chi connectivity index (χ2v) is 3.54. The maximum absolute atomic E-state index is 11.0. The predicted molar refractivity (Wildman–Crippen MR) is 54.8 cm³/mol. The molecule has 3 N–H and O–H groups in total. The summed E-state index contributed by atoms with van der Waals surface area (Å²) in [6, 6.07) is 0. The molecule has 0 heterocycles. The Hall–Kier alpha value is -1.14. The third-order valence-electron chi connectivity index (χ3n) is 1.95. The van der Waals surface area contributed by atoms with Gasteiger partial charge in [0.15, 0.2) is 6.10 Å². The quantitative estimate of drug-likeness (QED) is 0.507. The smallest absolute Gasteiger partial charge is 0.335 e. The summed E-state index contributed by atoms with van der Waals surface area (Å²) in [7, 11) is 0. The van der Waals surface area contributed by atoms with Gasteiger partial charge in [0, 0.05) is 0 Å². The van der Waals surface area contributed by atoms with Crippen LogP contribution in [0.3, 0.4) is 0 Å². The average molecular weight is 234 g/mol. The number of hydrogen-bond acceptors (Lipinski definition) is 5. The molecule has 6 heteroatoms. The van der Waals surface area contributed by atoms with Gasteiger partial charge in [-0.2, -0.15) is 0 Å². The van der Waals surface area contributed by atoms with E-state index >= 15 is 0 Å². The van der Waals surface area contributed by atoms with Crippen LogP contribution in [0.15, 0.2) is 0 Å². The maximum atomic E-state index is 11.0. The normalized spacial score (nSPS) is 14.2. The summed E-state index contributed by atoms with van der Waals surface area (Å²) >= 11 is 0. The van der Waals surface area contributed by atoms with E-state index in [9.17, 15) is 14.7 Å². The second kappa shape index (κ2) is 8.06. The Morgan fingerprint density at radius 2 is 1.94 bits per heavy atom. The van der Waals surface area contributed by atoms with E-state index in [1.54, 1.807) is 0 Å². The number of carbonyl (C=O) groups excluding carboxylic acids is 1. The molecule has 0 saturated heterocycles. The molecule has 0 aromatic heterocycles. The first-order chi connectivity index (χ1) is 7.47. The highest BCUT2D eigenvalue weighted by Crippen LogP contribution is 2.02. The second-order valence-electron chi connectivity index (χ2n) is 3.54. The molecular formula is C10H18O6. The van der Waals surface area contributed by atoms with E-state index in [0.717, 1.165) is 12.8 Å². The van der Waals surface area contributed by atoms with Crippen LogP contribution in [0.1, 0.15) is 32.6 Å². The number of carbonyl (C=O) groups is 2. The first-order valence-electron chi connectivity index (χ1n) is 5.22. The summed E-state index contributed by atoms with van der Waals surface area (Å²) in [5, 5.41) is 26.7. The molecule has 16 heavy (non-hydrogen) atoms. The number of carboxylic acid groups (broad SMARTS) is 1. The lowest BCUT2D eigenvalue weighted by molar-refractivity contribution is -0.160. The van der Waals surface area contributed by atoms with E-state index in [1.165, 1.54) is 0 Å². The number of esters is 1. The van der Waals surface area contributed by atoms with E-state index in [2.05, 4.69) is 4.74 Å². The number of aliphatic carboxylic acids is 1. The van der Waals surface area contributed by atoms with Gasteiger partial charge in [0.1, 0.15) is 6.61 Å². The number of aliphatic hydroxyl groups is 2. The summed E-state index contributed by atoms with van der Waals surface area (Å²) in [4.78, 5) is 21.2. The van der Waals surface area contributed by atoms with Crippen LogP contribution < -0.4 is 0 Å². The molecule has 0 aromatic rings. The van der Waals surface area contributed by atoms with Gasteiger partial charge in [0.2, 0.25) is 0 Å². The highest BCUT2D eigenvalue weighted by Gasteiger charge is 2.20. The minimum Gasteiger partial charge on any atom is -0.481 e. The third-order valence-corrected chi connectivity index (χ3v) is 1.95. The van der Waals surface area contributed by atoms with E-state index in [4.69, 9.17) is 10.2 Å². The molecule has 0 bridgehead atoms. The topological polar surface area (TPSA) is 104 Å². The molecular weight excluding hydrogens is 216 g/mol. The zero-order valence-electron chi connectivity index (χ0n) is 9.26. The lowest BCUT2D eigenvalue weighted by atomic mass is 10.2. The fraction of sp³-hybridized carbons (Fsp3) is 0.800. The van der Waals surface area contributed by atoms with Crippen molar-refractivity contribution < 1.29 is 29.6 Å². The van der Waals surface area contributed by atoms with Gasteiger partial charge < -0.3 is 20.1 Å². The molecule has 0 saturated carbocycles. The van der Waals surface area contributed by atoms with E-state index in [-0.39, 0.29) is 6.61 Å². The molecule has 0 fully saturated rings. The highest BCUT2D eigenvalue weighted by molar-refractivity contribution is 5.80. The Morgan fingerprint density at radius 3 is 2.44 bits per heavy atom. The van der Waals surface area contributed by atoms with Gasteiger partial charge in [-0.15, -0.1) is 0 Å². The van der Waals surface area contributed by atoms with Crippen LogP contribution in [0.4, 0.5) is 0 Å². The fourth-order valence-corrected chi connectivity index (χ4v) is 1.05. The fourth-order valence-electron chi connectivity index (χ4n) is 1.05. The van der Waals surface area contributed by atoms with Crippen molar-refractivity contribution in [2.24, 2.45) is 0 Å². The Balaban J connectivity index is 3.74. The van der Waals surface area contributed by atoms with Crippen molar-refractivity contribution in [3.05, 3.63) is 0 Å². The van der Waals surface area contributed by atoms with Gasteiger partial charge in [0.05, 0.1) is 12.5 Å². The van der Waals surface area contributed by atoms with Crippen LogP contribution in [0.5, 0.6) is 0 Å². The minimum atomic E-state index is -1.67. The van der Waals surface area contributed by atoms with Crippen LogP contribution in [-0.2, 0) is 14.3 Å². The monoisotopic (exact) mass is 234 g/mol. The largest absolute Gasteiger partial charge is 0.481 e. The summed E-state index contributed by atoms with van der Waals surface area (Å²) in [5.74, 6) is -2.30. The van der Waals surface area contributed by atoms with Crippen LogP contribution >= 0.6 is 0 Å². The van der Waals surface area contributed by atoms with Crippen molar-refractivity contribution in [2.75, 3.05) is 6.61 Å². The van der Waals surface area contributed by atoms with Crippen molar-refractivity contribution in [1.29, 1.82) is 0 Å². The zero-order chi connectivity index (χ0) is 12.6. The van der Waals surface area contributed by atoms with Gasteiger partial charge in [0.25, 0.3) is 0 Å². The van der Waals surface area contributed by atoms with Gasteiger partial charge in [-0.3, -0.25) is 4.79 Å². The molecule has 2 atom stereocenters. The Kier molecular flexibility index (Phi) is 7.49. The number of ether oxygens (including phenoxy) is 1. The van der Waals surface area contributed by atoms with Gasteiger partial charge in [-0.1, -0.05) is 19.8 Å². The minimum absolute atomic E-state index is 0.213. The molecule has 6 nitrogen and oxygen atoms in total. The Bertz CT molecular complexity index is 227. The number of carboxylic acids is 1. The molecule has 0 rings (SSSR count). The van der Waals surface area contributed by atoms with Gasteiger partial charge in [-0.25, -0.2) is 4.79 Å². The molecule has 0 aliphatic carbocycles. The van der Waals surface area contributed by atoms with Crippen LogP contribution in [-0.4, -0.2) is 46.1 Å². The van der Waals surface area contributed by atoms with Crippen molar-refractivity contribution in [2.45, 2.75) is 44.8 Å². The predicted octanol–water partition coefficient (Wildman–Crippen LogP) is -0.0837. The molecule has 0 spiro atoms. The highest BCUT2D eigenvalue weighted by atomic mass is 16.6. The van der Waals surface area contributed by atoms with E-state index in [1.807, 2.05) is 6.92 Å². The van der Waals surface area contributed by atoms with Crippen molar-refractivity contribution >= 4 is 11.9 Å². The number of aliphatic hydroxyl groups excluding tert-OH is 2. The number of rotatable bonds is 8. The van der Waals surface area contributed by atoms with Crippen molar-refractivity contribution in [3.63, 3.8) is 0 Å². The first kappa shape index (κ1) is 14.9. The zero-order valence-corrected chi connectivity index (χ0v) is 9.26. The van der Waals surface area contributed by atoms with Gasteiger partial charge >= 0.3 is 11.9 Å². The first-order valence-corrected chi connectivity index (χ1v) is 5.22. The number of unbranched alkanes of at least 4 members (excludes halogenated alkanes) is 1. The third kappa shape index (κ3) is 7.19. The Labute approximate surface area is 93.8 Å². The molecule has 0 amide bonds.